The summed E-state index contributed by atoms with van der Waals surface area (Å²) in [6.07, 6.45) is 4.42. The first-order chi connectivity index (χ1) is 11.2. The molecular weight excluding hydrogens is 308 g/mol. The van der Waals surface area contributed by atoms with Crippen LogP contribution in [0.15, 0.2) is 84.2 Å². The molecule has 0 saturated heterocycles. The Labute approximate surface area is 140 Å². The van der Waals surface area contributed by atoms with Crippen molar-refractivity contribution in [1.29, 1.82) is 0 Å². The predicted octanol–water partition coefficient (Wildman–Crippen LogP) is 2.79. The maximum absolute atomic E-state index is 12.1. The molecular formula is C19H15ClN2O. The zero-order chi connectivity index (χ0) is 16.1. The van der Waals surface area contributed by atoms with Gasteiger partial charge in [-0.05, 0) is 40.3 Å². The summed E-state index contributed by atoms with van der Waals surface area (Å²) in [5.41, 5.74) is 2.93. The average Bonchev–Trinajstić information content (AvgIpc) is 2.58. The van der Waals surface area contributed by atoms with Crippen molar-refractivity contribution in [3.63, 3.8) is 0 Å². The first-order valence-corrected chi connectivity index (χ1v) is 7.64. The molecule has 0 aliphatic carbocycles. The number of halogens is 1. The number of nitrogens with zero attached hydrogens (tertiary/aromatic N) is 2. The average molecular weight is 323 g/mol. The zero-order valence-electron chi connectivity index (χ0n) is 12.4. The van der Waals surface area contributed by atoms with Crippen molar-refractivity contribution in [2.75, 3.05) is 0 Å². The molecule has 0 saturated carbocycles. The van der Waals surface area contributed by atoms with Gasteiger partial charge < -0.3 is 5.11 Å². The fraction of sp³-hybridized carbons (Fsp3) is 0.0526. The van der Waals surface area contributed by atoms with Gasteiger partial charge in [0.25, 0.3) is 0 Å². The highest BCUT2D eigenvalue weighted by Crippen LogP contribution is 2.09. The van der Waals surface area contributed by atoms with Gasteiger partial charge in [-0.15, -0.1) is 0 Å². The number of pyridine rings is 1. The van der Waals surface area contributed by atoms with Gasteiger partial charge >= 0.3 is 0 Å². The van der Waals surface area contributed by atoms with Crippen LogP contribution in [0.2, 0.25) is 5.02 Å². The Hall–Kier alpha value is -2.65. The Morgan fingerprint density at radius 2 is 1.48 bits per heavy atom. The van der Waals surface area contributed by atoms with E-state index in [0.717, 1.165) is 6.42 Å². The molecule has 1 aromatic heterocycles. The molecule has 0 aliphatic heterocycles. The molecule has 0 aliphatic rings. The maximum atomic E-state index is 12.1. The third kappa shape index (κ3) is 4.18. The summed E-state index contributed by atoms with van der Waals surface area (Å²) < 4.78 is 1.52. The van der Waals surface area contributed by atoms with Gasteiger partial charge in [0.1, 0.15) is 0 Å². The molecule has 0 atom stereocenters. The minimum Gasteiger partial charge on any atom is -0.854 e. The van der Waals surface area contributed by atoms with Crippen molar-refractivity contribution in [3.8, 4) is 0 Å². The number of hydrogen-bond acceptors (Lipinski definition) is 2. The molecule has 0 N–H and O–H groups in total. The zero-order valence-corrected chi connectivity index (χ0v) is 13.1. The standard InChI is InChI=1S/C19H15ClN2O/c20-18-8-6-17(7-9-18)19(23)21-22-12-10-16(11-13-22)14-15-4-2-1-3-5-15/h1-13H,14H2. The topological polar surface area (TPSA) is 39.3 Å². The number of benzene rings is 2. The van der Waals surface area contributed by atoms with Gasteiger partial charge in [0.2, 0.25) is 12.4 Å². The normalized spacial score (nSPS) is 11.4. The summed E-state index contributed by atoms with van der Waals surface area (Å²) in [6, 6.07) is 20.9. The molecule has 0 bridgehead atoms. The van der Waals surface area contributed by atoms with Gasteiger partial charge in [-0.3, -0.25) is 0 Å². The van der Waals surface area contributed by atoms with Crippen LogP contribution in [0.1, 0.15) is 16.7 Å². The first-order valence-electron chi connectivity index (χ1n) is 7.27. The van der Waals surface area contributed by atoms with Gasteiger partial charge in [0.05, 0.1) is 5.90 Å². The second-order valence-corrected chi connectivity index (χ2v) is 5.60. The third-order valence-corrected chi connectivity index (χ3v) is 3.68. The third-order valence-electron chi connectivity index (χ3n) is 3.43. The minimum absolute atomic E-state index is 0.303. The molecule has 0 fully saturated rings. The lowest BCUT2D eigenvalue weighted by molar-refractivity contribution is -0.681. The van der Waals surface area contributed by atoms with E-state index in [1.54, 1.807) is 36.7 Å². The van der Waals surface area contributed by atoms with Gasteiger partial charge in [-0.2, -0.15) is 0 Å². The van der Waals surface area contributed by atoms with Crippen LogP contribution < -0.4 is 9.78 Å². The van der Waals surface area contributed by atoms with E-state index >= 15 is 0 Å². The summed E-state index contributed by atoms with van der Waals surface area (Å²) in [6.45, 7) is 0. The molecule has 2 aromatic carbocycles. The van der Waals surface area contributed by atoms with E-state index in [9.17, 15) is 5.11 Å². The van der Waals surface area contributed by atoms with Crippen LogP contribution >= 0.6 is 11.6 Å². The second kappa shape index (κ2) is 7.07. The fourth-order valence-electron chi connectivity index (χ4n) is 2.22. The maximum Gasteiger partial charge on any atom is 0.202 e. The summed E-state index contributed by atoms with van der Waals surface area (Å²) in [5.74, 6) is -0.303. The van der Waals surface area contributed by atoms with Crippen molar-refractivity contribution < 1.29 is 9.78 Å². The van der Waals surface area contributed by atoms with Crippen molar-refractivity contribution >= 4 is 17.5 Å². The van der Waals surface area contributed by atoms with Crippen LogP contribution in [-0.4, -0.2) is 5.90 Å². The van der Waals surface area contributed by atoms with Gasteiger partial charge in [0, 0.05) is 17.2 Å². The van der Waals surface area contributed by atoms with E-state index in [0.29, 0.717) is 10.6 Å². The largest absolute Gasteiger partial charge is 0.854 e. The number of rotatable bonds is 4. The van der Waals surface area contributed by atoms with Gasteiger partial charge in [-0.1, -0.05) is 58.7 Å². The summed E-state index contributed by atoms with van der Waals surface area (Å²) in [4.78, 5) is 0. The molecule has 0 amide bonds. The van der Waals surface area contributed by atoms with Crippen molar-refractivity contribution in [3.05, 3.63) is 101 Å². The molecule has 4 heteroatoms. The molecule has 1 heterocycles. The Morgan fingerprint density at radius 3 is 2.13 bits per heavy atom. The van der Waals surface area contributed by atoms with Crippen molar-refractivity contribution in [2.45, 2.75) is 6.42 Å². The number of hydrogen-bond donors (Lipinski definition) is 0. The smallest absolute Gasteiger partial charge is 0.202 e. The van der Waals surface area contributed by atoms with E-state index in [2.05, 4.69) is 17.2 Å². The van der Waals surface area contributed by atoms with E-state index in [1.807, 2.05) is 30.3 Å². The summed E-state index contributed by atoms with van der Waals surface area (Å²) in [5, 5.41) is 16.7. The van der Waals surface area contributed by atoms with Crippen LogP contribution in [0.5, 0.6) is 0 Å². The quantitative estimate of drug-likeness (QED) is 0.413. The van der Waals surface area contributed by atoms with E-state index in [4.69, 9.17) is 11.6 Å². The van der Waals surface area contributed by atoms with Gasteiger partial charge in [0.15, 0.2) is 0 Å². The Morgan fingerprint density at radius 1 is 0.870 bits per heavy atom. The van der Waals surface area contributed by atoms with Crippen LogP contribution in [-0.2, 0) is 6.42 Å². The minimum atomic E-state index is -0.303. The Kier molecular flexibility index (Phi) is 4.69. The molecule has 3 nitrogen and oxygen atoms in total. The van der Waals surface area contributed by atoms with Crippen LogP contribution in [0.3, 0.4) is 0 Å². The summed E-state index contributed by atoms with van der Waals surface area (Å²) >= 11 is 5.81. The molecule has 0 radical (unpaired) electrons. The highest BCUT2D eigenvalue weighted by atomic mass is 35.5. The monoisotopic (exact) mass is 322 g/mol. The Bertz CT molecular complexity index is 797. The lowest BCUT2D eigenvalue weighted by atomic mass is 10.1. The fourth-order valence-corrected chi connectivity index (χ4v) is 2.35. The van der Waals surface area contributed by atoms with Crippen LogP contribution in [0.25, 0.3) is 0 Å². The van der Waals surface area contributed by atoms with E-state index in [1.165, 1.54) is 15.8 Å². The molecule has 114 valence electrons. The summed E-state index contributed by atoms with van der Waals surface area (Å²) in [7, 11) is 0. The van der Waals surface area contributed by atoms with E-state index in [-0.39, 0.29) is 5.90 Å². The lowest BCUT2D eigenvalue weighted by Gasteiger charge is -2.06. The molecule has 0 unspecified atom stereocenters. The van der Waals surface area contributed by atoms with Gasteiger partial charge in [-0.25, -0.2) is 0 Å². The highest BCUT2D eigenvalue weighted by Gasteiger charge is 2.02. The Balaban J connectivity index is 1.74. The predicted molar refractivity (Wildman–Crippen MR) is 89.3 cm³/mol. The van der Waals surface area contributed by atoms with Crippen LogP contribution in [0.4, 0.5) is 0 Å². The lowest BCUT2D eigenvalue weighted by Crippen LogP contribution is -2.33. The van der Waals surface area contributed by atoms with E-state index < -0.39 is 0 Å². The SMILES string of the molecule is [O-]/C(=N\[n+]1ccc(Cc2ccccc2)cc1)c1ccc(Cl)cc1. The highest BCUT2D eigenvalue weighted by molar-refractivity contribution is 6.30. The molecule has 3 aromatic rings. The molecule has 0 spiro atoms. The van der Waals surface area contributed by atoms with Crippen LogP contribution in [0, 0.1) is 0 Å². The first kappa shape index (κ1) is 15.3. The molecule has 3 rings (SSSR count). The van der Waals surface area contributed by atoms with Crippen molar-refractivity contribution in [1.82, 2.24) is 0 Å². The number of aromatic nitrogens is 1. The van der Waals surface area contributed by atoms with Crippen molar-refractivity contribution in [2.24, 2.45) is 5.10 Å². The molecule has 23 heavy (non-hydrogen) atoms. The second-order valence-electron chi connectivity index (χ2n) is 5.16.